The van der Waals surface area contributed by atoms with Gasteiger partial charge in [0.1, 0.15) is 11.5 Å². The highest BCUT2D eigenvalue weighted by Gasteiger charge is 2.20. The molecule has 186 valence electrons. The molecule has 0 saturated carbocycles. The third kappa shape index (κ3) is 5.75. The van der Waals surface area contributed by atoms with Crippen molar-refractivity contribution < 1.29 is 28.2 Å². The van der Waals surface area contributed by atoms with E-state index in [1.54, 1.807) is 36.4 Å². The third-order valence-electron chi connectivity index (χ3n) is 4.90. The number of aromatic nitrogens is 2. The predicted molar refractivity (Wildman–Crippen MR) is 134 cm³/mol. The third-order valence-corrected chi connectivity index (χ3v) is 4.90. The SMILES string of the molecule is CCOc1cc(-c2nnc(NC(=O)c3ccccc3Oc3ccccc3)o2)cc(OCC)c1OCC. The Labute approximate surface area is 209 Å². The molecule has 0 spiro atoms. The zero-order valence-corrected chi connectivity index (χ0v) is 20.3. The van der Waals surface area contributed by atoms with Crippen LogP contribution in [0.1, 0.15) is 31.1 Å². The van der Waals surface area contributed by atoms with Crippen LogP contribution in [0, 0.1) is 0 Å². The largest absolute Gasteiger partial charge is 0.490 e. The summed E-state index contributed by atoms with van der Waals surface area (Å²) in [5.41, 5.74) is 0.880. The van der Waals surface area contributed by atoms with Gasteiger partial charge >= 0.3 is 6.01 Å². The minimum Gasteiger partial charge on any atom is -0.490 e. The lowest BCUT2D eigenvalue weighted by Gasteiger charge is -2.16. The molecule has 4 rings (SSSR count). The molecule has 0 atom stereocenters. The molecule has 4 aromatic rings. The second kappa shape index (κ2) is 11.7. The Morgan fingerprint density at radius 3 is 2.11 bits per heavy atom. The van der Waals surface area contributed by atoms with Gasteiger partial charge in [0.2, 0.25) is 11.6 Å². The molecule has 36 heavy (non-hydrogen) atoms. The number of carbonyl (C=O) groups excluding carboxylic acids is 1. The summed E-state index contributed by atoms with van der Waals surface area (Å²) in [5, 5.41) is 10.7. The van der Waals surface area contributed by atoms with Gasteiger partial charge in [0, 0.05) is 5.56 Å². The average molecular weight is 490 g/mol. The van der Waals surface area contributed by atoms with Crippen LogP contribution in [0.4, 0.5) is 6.01 Å². The van der Waals surface area contributed by atoms with E-state index >= 15 is 0 Å². The highest BCUT2D eigenvalue weighted by molar-refractivity contribution is 6.05. The van der Waals surface area contributed by atoms with E-state index in [0.717, 1.165) is 0 Å². The van der Waals surface area contributed by atoms with Crippen molar-refractivity contribution in [3.05, 3.63) is 72.3 Å². The van der Waals surface area contributed by atoms with E-state index in [1.807, 2.05) is 51.1 Å². The van der Waals surface area contributed by atoms with Crippen molar-refractivity contribution in [2.24, 2.45) is 0 Å². The van der Waals surface area contributed by atoms with E-state index in [2.05, 4.69) is 15.5 Å². The van der Waals surface area contributed by atoms with Crippen LogP contribution < -0.4 is 24.3 Å². The van der Waals surface area contributed by atoms with Gasteiger partial charge in [-0.05, 0) is 57.2 Å². The predicted octanol–water partition coefficient (Wildman–Crippen LogP) is 5.98. The quantitative estimate of drug-likeness (QED) is 0.274. The fourth-order valence-corrected chi connectivity index (χ4v) is 3.43. The van der Waals surface area contributed by atoms with Crippen molar-refractivity contribution in [2.45, 2.75) is 20.8 Å². The van der Waals surface area contributed by atoms with Crippen LogP contribution >= 0.6 is 0 Å². The second-order valence-corrected chi connectivity index (χ2v) is 7.38. The second-order valence-electron chi connectivity index (χ2n) is 7.38. The van der Waals surface area contributed by atoms with Crippen LogP contribution in [0.3, 0.4) is 0 Å². The topological polar surface area (TPSA) is 105 Å². The highest BCUT2D eigenvalue weighted by Crippen LogP contribution is 2.42. The zero-order chi connectivity index (χ0) is 25.3. The first kappa shape index (κ1) is 24.6. The summed E-state index contributed by atoms with van der Waals surface area (Å²) in [6.45, 7) is 6.96. The summed E-state index contributed by atoms with van der Waals surface area (Å²) in [5.74, 6) is 2.25. The summed E-state index contributed by atoms with van der Waals surface area (Å²) in [7, 11) is 0. The number of hydrogen-bond acceptors (Lipinski definition) is 8. The summed E-state index contributed by atoms with van der Waals surface area (Å²) < 4.78 is 28.9. The lowest BCUT2D eigenvalue weighted by atomic mass is 10.2. The fourth-order valence-electron chi connectivity index (χ4n) is 3.43. The lowest BCUT2D eigenvalue weighted by molar-refractivity contribution is 0.102. The molecule has 0 aliphatic carbocycles. The normalized spacial score (nSPS) is 10.5. The lowest BCUT2D eigenvalue weighted by Crippen LogP contribution is -2.13. The number of nitrogens with zero attached hydrogens (tertiary/aromatic N) is 2. The average Bonchev–Trinajstić information content (AvgIpc) is 3.35. The fraction of sp³-hybridized carbons (Fsp3) is 0.222. The van der Waals surface area contributed by atoms with Gasteiger partial charge < -0.3 is 23.4 Å². The van der Waals surface area contributed by atoms with Crippen LogP contribution in [-0.4, -0.2) is 35.9 Å². The van der Waals surface area contributed by atoms with Crippen molar-refractivity contribution in [1.82, 2.24) is 10.2 Å². The maximum Gasteiger partial charge on any atom is 0.322 e. The van der Waals surface area contributed by atoms with Gasteiger partial charge in [-0.2, -0.15) is 0 Å². The molecule has 1 N–H and O–H groups in total. The Kier molecular flexibility index (Phi) is 8.02. The molecule has 1 amide bonds. The van der Waals surface area contributed by atoms with Gasteiger partial charge in [0.05, 0.1) is 25.4 Å². The van der Waals surface area contributed by atoms with E-state index in [1.165, 1.54) is 0 Å². The van der Waals surface area contributed by atoms with E-state index in [-0.39, 0.29) is 11.9 Å². The number of carbonyl (C=O) groups is 1. The van der Waals surface area contributed by atoms with Crippen molar-refractivity contribution in [3.8, 4) is 40.2 Å². The summed E-state index contributed by atoms with van der Waals surface area (Å²) in [6, 6.07) is 19.5. The summed E-state index contributed by atoms with van der Waals surface area (Å²) >= 11 is 0. The number of para-hydroxylation sites is 2. The number of nitrogens with one attached hydrogen (secondary N) is 1. The number of rotatable bonds is 11. The van der Waals surface area contributed by atoms with Crippen LogP contribution in [0.2, 0.25) is 0 Å². The number of ether oxygens (including phenoxy) is 4. The maximum atomic E-state index is 13.0. The summed E-state index contributed by atoms with van der Waals surface area (Å²) in [4.78, 5) is 13.0. The molecule has 0 radical (unpaired) electrons. The monoisotopic (exact) mass is 489 g/mol. The standard InChI is InChI=1S/C27H27N3O6/c1-4-32-22-16-18(17-23(33-5-2)24(22)34-6-3)26-29-30-27(36-26)28-25(31)20-14-10-11-15-21(20)35-19-12-8-7-9-13-19/h7-17H,4-6H2,1-3H3,(H,28,30,31). The molecule has 1 heterocycles. The van der Waals surface area contributed by atoms with Gasteiger partial charge in [-0.25, -0.2) is 0 Å². The Hall–Kier alpha value is -4.53. The van der Waals surface area contributed by atoms with E-state index in [9.17, 15) is 4.79 Å². The molecule has 0 unspecified atom stereocenters. The van der Waals surface area contributed by atoms with Crippen molar-refractivity contribution in [2.75, 3.05) is 25.1 Å². The van der Waals surface area contributed by atoms with Crippen molar-refractivity contribution in [3.63, 3.8) is 0 Å². The Bertz CT molecular complexity index is 1280. The van der Waals surface area contributed by atoms with Gasteiger partial charge in [-0.15, -0.1) is 5.10 Å². The Balaban J connectivity index is 1.57. The van der Waals surface area contributed by atoms with E-state index in [4.69, 9.17) is 23.4 Å². The first-order valence-corrected chi connectivity index (χ1v) is 11.7. The zero-order valence-electron chi connectivity index (χ0n) is 20.3. The maximum absolute atomic E-state index is 13.0. The van der Waals surface area contributed by atoms with Crippen LogP contribution in [0.15, 0.2) is 71.1 Å². The van der Waals surface area contributed by atoms with Crippen LogP contribution in [0.5, 0.6) is 28.7 Å². The highest BCUT2D eigenvalue weighted by atomic mass is 16.5. The van der Waals surface area contributed by atoms with E-state index in [0.29, 0.717) is 59.7 Å². The number of anilines is 1. The number of amides is 1. The molecule has 0 aliphatic heterocycles. The molecule has 0 aliphatic rings. The van der Waals surface area contributed by atoms with E-state index < -0.39 is 5.91 Å². The minimum absolute atomic E-state index is 0.0608. The van der Waals surface area contributed by atoms with Crippen molar-refractivity contribution in [1.29, 1.82) is 0 Å². The Morgan fingerprint density at radius 2 is 1.44 bits per heavy atom. The number of benzene rings is 3. The van der Waals surface area contributed by atoms with Gasteiger partial charge in [0.15, 0.2) is 11.5 Å². The van der Waals surface area contributed by atoms with Crippen LogP contribution in [0.25, 0.3) is 11.5 Å². The molecular weight excluding hydrogens is 462 g/mol. The molecule has 0 fully saturated rings. The van der Waals surface area contributed by atoms with Gasteiger partial charge in [0.25, 0.3) is 5.91 Å². The number of hydrogen-bond donors (Lipinski definition) is 1. The smallest absolute Gasteiger partial charge is 0.322 e. The molecule has 9 nitrogen and oxygen atoms in total. The van der Waals surface area contributed by atoms with Gasteiger partial charge in [-0.3, -0.25) is 10.1 Å². The van der Waals surface area contributed by atoms with Crippen molar-refractivity contribution >= 4 is 11.9 Å². The Morgan fingerprint density at radius 1 is 0.806 bits per heavy atom. The molecule has 1 aromatic heterocycles. The molecule has 9 heteroatoms. The first-order valence-electron chi connectivity index (χ1n) is 11.7. The molecule has 3 aromatic carbocycles. The summed E-state index contributed by atoms with van der Waals surface area (Å²) in [6.07, 6.45) is 0. The van der Waals surface area contributed by atoms with Crippen LogP contribution in [-0.2, 0) is 0 Å². The molecule has 0 saturated heterocycles. The molecular formula is C27H27N3O6. The van der Waals surface area contributed by atoms with Gasteiger partial charge in [-0.1, -0.05) is 35.4 Å². The first-order chi connectivity index (χ1) is 17.6. The minimum atomic E-state index is -0.451. The molecule has 0 bridgehead atoms.